The lowest BCUT2D eigenvalue weighted by Crippen LogP contribution is -2.22. The summed E-state index contributed by atoms with van der Waals surface area (Å²) in [7, 11) is 0. The van der Waals surface area contributed by atoms with Gasteiger partial charge in [0.05, 0.1) is 16.6 Å². The van der Waals surface area contributed by atoms with E-state index in [1.807, 2.05) is 19.9 Å². The Labute approximate surface area is 123 Å². The Morgan fingerprint density at radius 2 is 2.10 bits per heavy atom. The number of halogens is 1. The molecule has 0 aliphatic heterocycles. The fraction of sp³-hybridized carbons (Fsp3) is 0.467. The standard InChI is InChI=1S/C15H20FN3S/c1-4-6-13-15(20-19-18-13)14(17-5-2)11-7-10(3)8-12(16)9-11/h7-9,14,17H,4-6H2,1-3H3. The van der Waals surface area contributed by atoms with E-state index in [0.29, 0.717) is 0 Å². The van der Waals surface area contributed by atoms with E-state index in [4.69, 9.17) is 0 Å². The molecule has 0 aliphatic rings. The molecule has 5 heteroatoms. The third-order valence-electron chi connectivity index (χ3n) is 3.14. The van der Waals surface area contributed by atoms with Gasteiger partial charge in [-0.05, 0) is 54.7 Å². The number of hydrogen-bond acceptors (Lipinski definition) is 4. The molecule has 1 atom stereocenters. The molecular weight excluding hydrogens is 273 g/mol. The summed E-state index contributed by atoms with van der Waals surface area (Å²) in [6.45, 7) is 6.89. The number of benzene rings is 1. The molecule has 1 aromatic heterocycles. The normalized spacial score (nSPS) is 12.6. The lowest BCUT2D eigenvalue weighted by molar-refractivity contribution is 0.602. The van der Waals surface area contributed by atoms with E-state index in [1.165, 1.54) is 11.5 Å². The molecule has 1 N–H and O–H groups in total. The molecule has 0 saturated heterocycles. The molecule has 3 nitrogen and oxygen atoms in total. The van der Waals surface area contributed by atoms with Crippen LogP contribution in [0.25, 0.3) is 0 Å². The van der Waals surface area contributed by atoms with E-state index in [1.54, 1.807) is 12.1 Å². The van der Waals surface area contributed by atoms with Crippen molar-refractivity contribution in [1.82, 2.24) is 14.9 Å². The van der Waals surface area contributed by atoms with Crippen LogP contribution in [-0.2, 0) is 6.42 Å². The highest BCUT2D eigenvalue weighted by Gasteiger charge is 2.20. The van der Waals surface area contributed by atoms with Crippen LogP contribution in [0, 0.1) is 12.7 Å². The van der Waals surface area contributed by atoms with Gasteiger partial charge in [0.15, 0.2) is 0 Å². The molecule has 20 heavy (non-hydrogen) atoms. The number of nitrogens with one attached hydrogen (secondary N) is 1. The molecule has 0 fully saturated rings. The summed E-state index contributed by atoms with van der Waals surface area (Å²) >= 11 is 1.40. The minimum Gasteiger partial charge on any atom is -0.306 e. The number of hydrogen-bond donors (Lipinski definition) is 1. The van der Waals surface area contributed by atoms with Crippen LogP contribution >= 0.6 is 11.5 Å². The van der Waals surface area contributed by atoms with Gasteiger partial charge in [-0.1, -0.05) is 30.8 Å². The van der Waals surface area contributed by atoms with Crippen molar-refractivity contribution in [3.8, 4) is 0 Å². The average Bonchev–Trinajstić information content (AvgIpc) is 2.83. The van der Waals surface area contributed by atoms with E-state index in [9.17, 15) is 4.39 Å². The number of aryl methyl sites for hydroxylation is 2. The van der Waals surface area contributed by atoms with Crippen LogP contribution in [0.1, 0.15) is 48.0 Å². The third-order valence-corrected chi connectivity index (χ3v) is 3.97. The summed E-state index contributed by atoms with van der Waals surface area (Å²) in [6.07, 6.45) is 1.93. The topological polar surface area (TPSA) is 37.8 Å². The van der Waals surface area contributed by atoms with Gasteiger partial charge in [-0.15, -0.1) is 5.10 Å². The minimum atomic E-state index is -0.197. The van der Waals surface area contributed by atoms with Gasteiger partial charge in [0.1, 0.15) is 5.82 Å². The van der Waals surface area contributed by atoms with Crippen molar-refractivity contribution >= 4 is 11.5 Å². The monoisotopic (exact) mass is 293 g/mol. The average molecular weight is 293 g/mol. The SMILES string of the molecule is CCCc1nnsc1C(NCC)c1cc(C)cc(F)c1. The predicted octanol–water partition coefficient (Wildman–Crippen LogP) is 3.64. The maximum atomic E-state index is 13.7. The lowest BCUT2D eigenvalue weighted by Gasteiger charge is -2.18. The molecule has 1 unspecified atom stereocenters. The Balaban J connectivity index is 2.41. The minimum absolute atomic E-state index is 0.0315. The molecule has 2 rings (SSSR count). The van der Waals surface area contributed by atoms with Gasteiger partial charge in [-0.3, -0.25) is 0 Å². The van der Waals surface area contributed by atoms with Crippen LogP contribution in [0.4, 0.5) is 4.39 Å². The number of nitrogens with zero attached hydrogens (tertiary/aromatic N) is 2. The lowest BCUT2D eigenvalue weighted by atomic mass is 10.0. The summed E-state index contributed by atoms with van der Waals surface area (Å²) < 4.78 is 17.7. The predicted molar refractivity (Wildman–Crippen MR) is 80.6 cm³/mol. The molecule has 0 spiro atoms. The fourth-order valence-corrected chi connectivity index (χ4v) is 3.14. The highest BCUT2D eigenvalue weighted by atomic mass is 32.1. The molecule has 0 saturated carbocycles. The molecule has 0 radical (unpaired) electrons. The first-order valence-corrected chi connectivity index (χ1v) is 7.74. The van der Waals surface area contributed by atoms with Gasteiger partial charge in [0.2, 0.25) is 0 Å². The zero-order valence-electron chi connectivity index (χ0n) is 12.1. The Morgan fingerprint density at radius 3 is 2.75 bits per heavy atom. The zero-order chi connectivity index (χ0) is 14.5. The van der Waals surface area contributed by atoms with Crippen molar-refractivity contribution in [3.05, 3.63) is 45.7 Å². The maximum Gasteiger partial charge on any atom is 0.123 e. The summed E-state index contributed by atoms with van der Waals surface area (Å²) in [6, 6.07) is 5.13. The first-order valence-electron chi connectivity index (χ1n) is 6.97. The molecular formula is C15H20FN3S. The summed E-state index contributed by atoms with van der Waals surface area (Å²) in [5.74, 6) is -0.197. The van der Waals surface area contributed by atoms with Crippen molar-refractivity contribution < 1.29 is 4.39 Å². The van der Waals surface area contributed by atoms with Crippen molar-refractivity contribution in [2.24, 2.45) is 0 Å². The van der Waals surface area contributed by atoms with Gasteiger partial charge < -0.3 is 5.32 Å². The van der Waals surface area contributed by atoms with Crippen LogP contribution in [0.15, 0.2) is 18.2 Å². The Bertz CT molecular complexity index is 548. The van der Waals surface area contributed by atoms with Crippen molar-refractivity contribution in [2.75, 3.05) is 6.54 Å². The van der Waals surface area contributed by atoms with E-state index in [-0.39, 0.29) is 11.9 Å². The largest absolute Gasteiger partial charge is 0.306 e. The van der Waals surface area contributed by atoms with Gasteiger partial charge in [-0.2, -0.15) is 0 Å². The first-order chi connectivity index (χ1) is 9.65. The molecule has 1 heterocycles. The number of aromatic nitrogens is 2. The smallest absolute Gasteiger partial charge is 0.123 e. The van der Waals surface area contributed by atoms with Crippen LogP contribution in [0.5, 0.6) is 0 Å². The summed E-state index contributed by atoms with van der Waals surface area (Å²) in [5.41, 5.74) is 2.88. The quantitative estimate of drug-likeness (QED) is 0.883. The molecule has 0 bridgehead atoms. The fourth-order valence-electron chi connectivity index (χ4n) is 2.34. The summed E-state index contributed by atoms with van der Waals surface area (Å²) in [5, 5.41) is 7.63. The van der Waals surface area contributed by atoms with Crippen LogP contribution in [0.2, 0.25) is 0 Å². The van der Waals surface area contributed by atoms with E-state index >= 15 is 0 Å². The summed E-state index contributed by atoms with van der Waals surface area (Å²) in [4.78, 5) is 1.10. The molecule has 108 valence electrons. The van der Waals surface area contributed by atoms with Crippen molar-refractivity contribution in [3.63, 3.8) is 0 Å². The molecule has 0 aliphatic carbocycles. The van der Waals surface area contributed by atoms with Crippen molar-refractivity contribution in [2.45, 2.75) is 39.7 Å². The Morgan fingerprint density at radius 1 is 1.30 bits per heavy atom. The van der Waals surface area contributed by atoms with E-state index < -0.39 is 0 Å². The molecule has 1 aromatic carbocycles. The van der Waals surface area contributed by atoms with Gasteiger partial charge in [0.25, 0.3) is 0 Å². The highest BCUT2D eigenvalue weighted by molar-refractivity contribution is 7.05. The van der Waals surface area contributed by atoms with Crippen LogP contribution < -0.4 is 5.32 Å². The second-order valence-corrected chi connectivity index (χ2v) is 5.67. The highest BCUT2D eigenvalue weighted by Crippen LogP contribution is 2.28. The van der Waals surface area contributed by atoms with Crippen LogP contribution in [-0.4, -0.2) is 16.1 Å². The second kappa shape index (κ2) is 6.90. The maximum absolute atomic E-state index is 13.7. The van der Waals surface area contributed by atoms with Gasteiger partial charge in [-0.25, -0.2) is 4.39 Å². The van der Waals surface area contributed by atoms with E-state index in [0.717, 1.165) is 41.1 Å². The van der Waals surface area contributed by atoms with Crippen molar-refractivity contribution in [1.29, 1.82) is 0 Å². The first kappa shape index (κ1) is 15.1. The van der Waals surface area contributed by atoms with Crippen LogP contribution in [0.3, 0.4) is 0 Å². The number of rotatable bonds is 6. The zero-order valence-corrected chi connectivity index (χ0v) is 12.9. The Hall–Kier alpha value is -1.33. The van der Waals surface area contributed by atoms with E-state index in [2.05, 4.69) is 21.8 Å². The Kier molecular flexibility index (Phi) is 5.20. The third kappa shape index (κ3) is 3.41. The van der Waals surface area contributed by atoms with Gasteiger partial charge in [0, 0.05) is 0 Å². The van der Waals surface area contributed by atoms with Gasteiger partial charge >= 0.3 is 0 Å². The molecule has 2 aromatic rings. The molecule has 0 amide bonds. The second-order valence-electron chi connectivity index (χ2n) is 4.89.